The summed E-state index contributed by atoms with van der Waals surface area (Å²) in [5.74, 6) is 2.27. The van der Waals surface area contributed by atoms with Crippen molar-refractivity contribution in [1.29, 1.82) is 0 Å². The van der Waals surface area contributed by atoms with Crippen molar-refractivity contribution in [2.45, 2.75) is 0 Å². The molecule has 0 amide bonds. The van der Waals surface area contributed by atoms with Crippen LogP contribution in [0.3, 0.4) is 0 Å². The molecular formula is C15H15O3. The molecule has 2 aromatic carbocycles. The average molecular weight is 243 g/mol. The SMILES string of the molecule is COc1cc[c]c(-c2c(OC)cccc2OC)c1. The molecule has 93 valence electrons. The molecule has 0 saturated carbocycles. The zero-order valence-corrected chi connectivity index (χ0v) is 10.7. The first-order chi connectivity index (χ1) is 8.80. The van der Waals surface area contributed by atoms with Gasteiger partial charge in [0, 0.05) is 5.56 Å². The summed E-state index contributed by atoms with van der Waals surface area (Å²) in [6, 6.07) is 14.4. The van der Waals surface area contributed by atoms with Crippen LogP contribution >= 0.6 is 0 Å². The highest BCUT2D eigenvalue weighted by Crippen LogP contribution is 2.38. The van der Waals surface area contributed by atoms with Gasteiger partial charge in [0.2, 0.25) is 0 Å². The van der Waals surface area contributed by atoms with Crippen LogP contribution in [0.15, 0.2) is 36.4 Å². The van der Waals surface area contributed by atoms with E-state index in [1.807, 2.05) is 36.4 Å². The van der Waals surface area contributed by atoms with Crippen LogP contribution < -0.4 is 14.2 Å². The maximum absolute atomic E-state index is 5.37. The van der Waals surface area contributed by atoms with Gasteiger partial charge in [0.05, 0.1) is 26.9 Å². The first kappa shape index (κ1) is 12.3. The summed E-state index contributed by atoms with van der Waals surface area (Å²) in [4.78, 5) is 0. The first-order valence-electron chi connectivity index (χ1n) is 5.57. The van der Waals surface area contributed by atoms with Crippen LogP contribution in [0.1, 0.15) is 0 Å². The fraction of sp³-hybridized carbons (Fsp3) is 0.200. The van der Waals surface area contributed by atoms with Gasteiger partial charge in [0.1, 0.15) is 17.2 Å². The lowest BCUT2D eigenvalue weighted by molar-refractivity contribution is 0.397. The lowest BCUT2D eigenvalue weighted by atomic mass is 10.0. The Bertz CT molecular complexity index is 513. The first-order valence-corrected chi connectivity index (χ1v) is 5.57. The van der Waals surface area contributed by atoms with Crippen molar-refractivity contribution in [1.82, 2.24) is 0 Å². The molecule has 0 N–H and O–H groups in total. The third-order valence-electron chi connectivity index (χ3n) is 2.71. The second-order valence-electron chi connectivity index (χ2n) is 3.68. The van der Waals surface area contributed by atoms with Gasteiger partial charge < -0.3 is 14.2 Å². The third-order valence-corrected chi connectivity index (χ3v) is 2.71. The van der Waals surface area contributed by atoms with Crippen LogP contribution in [0.5, 0.6) is 17.2 Å². The normalized spacial score (nSPS) is 9.94. The van der Waals surface area contributed by atoms with Crippen LogP contribution in [-0.2, 0) is 0 Å². The Morgan fingerprint density at radius 2 is 1.56 bits per heavy atom. The smallest absolute Gasteiger partial charge is 0.130 e. The lowest BCUT2D eigenvalue weighted by Gasteiger charge is -2.13. The average Bonchev–Trinajstić information content (AvgIpc) is 2.46. The minimum atomic E-state index is 0.749. The lowest BCUT2D eigenvalue weighted by Crippen LogP contribution is -1.93. The molecule has 0 spiro atoms. The van der Waals surface area contributed by atoms with Crippen molar-refractivity contribution >= 4 is 0 Å². The van der Waals surface area contributed by atoms with E-state index >= 15 is 0 Å². The number of hydrogen-bond acceptors (Lipinski definition) is 3. The molecule has 0 fully saturated rings. The van der Waals surface area contributed by atoms with Crippen LogP contribution in [0.4, 0.5) is 0 Å². The Morgan fingerprint density at radius 3 is 2.11 bits per heavy atom. The fourth-order valence-electron chi connectivity index (χ4n) is 1.83. The zero-order chi connectivity index (χ0) is 13.0. The summed E-state index contributed by atoms with van der Waals surface area (Å²) in [5, 5.41) is 0. The highest BCUT2D eigenvalue weighted by atomic mass is 16.5. The van der Waals surface area contributed by atoms with Gasteiger partial charge in [0.25, 0.3) is 0 Å². The van der Waals surface area contributed by atoms with E-state index in [0.717, 1.165) is 28.4 Å². The van der Waals surface area contributed by atoms with Crippen molar-refractivity contribution in [3.05, 3.63) is 42.5 Å². The van der Waals surface area contributed by atoms with Crippen LogP contribution in [0.25, 0.3) is 11.1 Å². The van der Waals surface area contributed by atoms with Gasteiger partial charge in [-0.1, -0.05) is 12.1 Å². The summed E-state index contributed by atoms with van der Waals surface area (Å²) in [6.45, 7) is 0. The molecule has 3 nitrogen and oxygen atoms in total. The number of ether oxygens (including phenoxy) is 3. The van der Waals surface area contributed by atoms with E-state index in [4.69, 9.17) is 14.2 Å². The fourth-order valence-corrected chi connectivity index (χ4v) is 1.83. The summed E-state index contributed by atoms with van der Waals surface area (Å²) < 4.78 is 16.0. The highest BCUT2D eigenvalue weighted by Gasteiger charge is 2.12. The summed E-state index contributed by atoms with van der Waals surface area (Å²) in [7, 11) is 4.91. The van der Waals surface area contributed by atoms with Gasteiger partial charge in [-0.25, -0.2) is 0 Å². The van der Waals surface area contributed by atoms with Crippen LogP contribution in [0.2, 0.25) is 0 Å². The zero-order valence-electron chi connectivity index (χ0n) is 10.7. The molecule has 18 heavy (non-hydrogen) atoms. The second-order valence-corrected chi connectivity index (χ2v) is 3.68. The molecule has 0 unspecified atom stereocenters. The molecule has 2 aromatic rings. The number of methoxy groups -OCH3 is 3. The highest BCUT2D eigenvalue weighted by molar-refractivity contribution is 5.77. The topological polar surface area (TPSA) is 27.7 Å². The van der Waals surface area contributed by atoms with E-state index in [1.54, 1.807) is 21.3 Å². The van der Waals surface area contributed by atoms with E-state index in [1.165, 1.54) is 0 Å². The molecule has 1 radical (unpaired) electrons. The molecular weight excluding hydrogens is 228 g/mol. The van der Waals surface area contributed by atoms with Gasteiger partial charge in [-0.05, 0) is 30.3 Å². The van der Waals surface area contributed by atoms with E-state index in [2.05, 4.69) is 6.07 Å². The molecule has 0 bridgehead atoms. The van der Waals surface area contributed by atoms with Gasteiger partial charge in [-0.15, -0.1) is 0 Å². The molecule has 0 saturated heterocycles. The minimum absolute atomic E-state index is 0.749. The Kier molecular flexibility index (Phi) is 3.72. The van der Waals surface area contributed by atoms with Crippen molar-refractivity contribution in [3.63, 3.8) is 0 Å². The van der Waals surface area contributed by atoms with E-state index in [9.17, 15) is 0 Å². The predicted octanol–water partition coefficient (Wildman–Crippen LogP) is 3.18. The number of hydrogen-bond donors (Lipinski definition) is 0. The monoisotopic (exact) mass is 243 g/mol. The van der Waals surface area contributed by atoms with Gasteiger partial charge >= 0.3 is 0 Å². The maximum Gasteiger partial charge on any atom is 0.130 e. The standard InChI is InChI=1S/C15H15O3/c1-16-12-7-4-6-11(10-12)15-13(17-2)8-5-9-14(15)18-3/h4-5,7-10H,1-3H3. The number of rotatable bonds is 4. The van der Waals surface area contributed by atoms with Gasteiger partial charge in [-0.3, -0.25) is 0 Å². The summed E-state index contributed by atoms with van der Waals surface area (Å²) in [5.41, 5.74) is 1.75. The minimum Gasteiger partial charge on any atom is -0.497 e. The van der Waals surface area contributed by atoms with Gasteiger partial charge in [-0.2, -0.15) is 0 Å². The van der Waals surface area contributed by atoms with Crippen molar-refractivity contribution in [2.75, 3.05) is 21.3 Å². The second kappa shape index (κ2) is 5.45. The largest absolute Gasteiger partial charge is 0.497 e. The van der Waals surface area contributed by atoms with Crippen molar-refractivity contribution in [2.24, 2.45) is 0 Å². The Labute approximate surface area is 107 Å². The van der Waals surface area contributed by atoms with Crippen LogP contribution in [0, 0.1) is 6.07 Å². The maximum atomic E-state index is 5.37. The number of benzene rings is 2. The van der Waals surface area contributed by atoms with E-state index < -0.39 is 0 Å². The quantitative estimate of drug-likeness (QED) is 0.825. The Hall–Kier alpha value is -2.16. The third kappa shape index (κ3) is 2.25. The van der Waals surface area contributed by atoms with E-state index in [0.29, 0.717) is 0 Å². The van der Waals surface area contributed by atoms with Crippen molar-refractivity contribution < 1.29 is 14.2 Å². The Balaban J connectivity index is 2.60. The molecule has 0 aromatic heterocycles. The Morgan fingerprint density at radius 1 is 0.889 bits per heavy atom. The van der Waals surface area contributed by atoms with Gasteiger partial charge in [0.15, 0.2) is 0 Å². The molecule has 0 aliphatic heterocycles. The molecule has 0 aliphatic carbocycles. The summed E-state index contributed by atoms with van der Waals surface area (Å²) in [6.07, 6.45) is 0. The van der Waals surface area contributed by atoms with Crippen LogP contribution in [-0.4, -0.2) is 21.3 Å². The van der Waals surface area contributed by atoms with E-state index in [-0.39, 0.29) is 0 Å². The summed E-state index contributed by atoms with van der Waals surface area (Å²) >= 11 is 0. The molecule has 0 aliphatic rings. The predicted molar refractivity (Wildman–Crippen MR) is 70.4 cm³/mol. The molecule has 0 heterocycles. The molecule has 0 atom stereocenters. The molecule has 2 rings (SSSR count). The van der Waals surface area contributed by atoms with Crippen molar-refractivity contribution in [3.8, 4) is 28.4 Å². The molecule has 3 heteroatoms.